The Morgan fingerprint density at radius 3 is 2.67 bits per heavy atom. The van der Waals surface area contributed by atoms with Crippen LogP contribution in [0.25, 0.3) is 10.9 Å². The number of hydrogen-bond donors (Lipinski definition) is 2. The first kappa shape index (κ1) is 18.2. The molecule has 0 amide bonds. The maximum Gasteiger partial charge on any atom is 0.161 e. The van der Waals surface area contributed by atoms with Gasteiger partial charge in [-0.25, -0.2) is 4.98 Å². The van der Waals surface area contributed by atoms with Crippen molar-refractivity contribution in [2.24, 2.45) is 0 Å². The van der Waals surface area contributed by atoms with Gasteiger partial charge in [0.05, 0.1) is 6.04 Å². The second kappa shape index (κ2) is 7.55. The van der Waals surface area contributed by atoms with Crippen LogP contribution in [-0.4, -0.2) is 28.3 Å². The Balaban J connectivity index is 1.64. The summed E-state index contributed by atoms with van der Waals surface area (Å²) in [7, 11) is 0. The number of fused-ring (bicyclic) bond motifs is 2. The van der Waals surface area contributed by atoms with Gasteiger partial charge in [-0.05, 0) is 48.4 Å². The highest BCUT2D eigenvalue weighted by atomic mass is 16.6. The molecule has 0 bridgehead atoms. The van der Waals surface area contributed by atoms with Gasteiger partial charge in [0.2, 0.25) is 0 Å². The van der Waals surface area contributed by atoms with Gasteiger partial charge >= 0.3 is 0 Å². The minimum atomic E-state index is -0.360. The zero-order valence-electron chi connectivity index (χ0n) is 16.5. The number of anilines is 1. The average Bonchev–Trinajstić information content (AvgIpc) is 2.78. The number of aromatic nitrogens is 2. The highest BCUT2D eigenvalue weighted by Crippen LogP contribution is 2.39. The third-order valence-corrected chi connectivity index (χ3v) is 5.20. The Kier molecular flexibility index (Phi) is 4.59. The molecule has 0 spiro atoms. The summed E-state index contributed by atoms with van der Waals surface area (Å²) in [6.07, 6.45) is 3.45. The first-order valence-electron chi connectivity index (χ1n) is 9.84. The first-order valence-corrected chi connectivity index (χ1v) is 9.84. The van der Waals surface area contributed by atoms with Crippen molar-refractivity contribution in [1.82, 2.24) is 9.97 Å². The smallest absolute Gasteiger partial charge is 0.161 e. The van der Waals surface area contributed by atoms with E-state index in [0.29, 0.717) is 30.0 Å². The summed E-state index contributed by atoms with van der Waals surface area (Å²) in [6.45, 7) is 3.07. The molecule has 30 heavy (non-hydrogen) atoms. The molecule has 2 N–H and O–H groups in total. The van der Waals surface area contributed by atoms with Crippen molar-refractivity contribution in [3.63, 3.8) is 0 Å². The molecule has 5 rings (SSSR count). The number of phenols is 1. The average molecular weight is 399 g/mol. The fraction of sp³-hybridized carbons (Fsp3) is 0.167. The van der Waals surface area contributed by atoms with Crippen molar-refractivity contribution in [3.8, 4) is 17.2 Å². The predicted molar refractivity (Wildman–Crippen MR) is 115 cm³/mol. The monoisotopic (exact) mass is 399 g/mol. The summed E-state index contributed by atoms with van der Waals surface area (Å²) in [5.41, 5.74) is 3.30. The van der Waals surface area contributed by atoms with Crippen LogP contribution in [0.5, 0.6) is 17.2 Å². The number of hydrogen-bond acceptors (Lipinski definition) is 6. The molecular formula is C24H21N3O3. The molecule has 0 aliphatic carbocycles. The Labute approximate surface area is 174 Å². The topological polar surface area (TPSA) is 76.5 Å². The van der Waals surface area contributed by atoms with Crippen LogP contribution in [0.1, 0.15) is 22.7 Å². The lowest BCUT2D eigenvalue weighted by Gasteiger charge is -2.24. The minimum absolute atomic E-state index is 0.146. The first-order chi connectivity index (χ1) is 14.7. The van der Waals surface area contributed by atoms with Crippen LogP contribution in [0, 0.1) is 6.92 Å². The van der Waals surface area contributed by atoms with Gasteiger partial charge in [-0.3, -0.25) is 4.98 Å². The van der Waals surface area contributed by atoms with E-state index in [2.05, 4.69) is 15.3 Å². The van der Waals surface area contributed by atoms with Gasteiger partial charge in [0, 0.05) is 23.3 Å². The van der Waals surface area contributed by atoms with Crippen molar-refractivity contribution in [1.29, 1.82) is 0 Å². The van der Waals surface area contributed by atoms with E-state index in [4.69, 9.17) is 9.47 Å². The SMILES string of the molecule is Cc1ccnc(NC(c2ccc3c(c2)OCCO3)c2ccc3cccnc3c2O)c1. The fourth-order valence-electron chi connectivity index (χ4n) is 3.72. The number of aromatic hydroxyl groups is 1. The summed E-state index contributed by atoms with van der Waals surface area (Å²) in [5.74, 6) is 2.28. The van der Waals surface area contributed by atoms with Crippen LogP contribution in [0.4, 0.5) is 5.82 Å². The van der Waals surface area contributed by atoms with Gasteiger partial charge in [0.15, 0.2) is 11.5 Å². The molecule has 6 heteroatoms. The van der Waals surface area contributed by atoms with E-state index >= 15 is 0 Å². The molecule has 0 radical (unpaired) electrons. The third kappa shape index (κ3) is 3.37. The molecule has 1 aliphatic rings. The van der Waals surface area contributed by atoms with Gasteiger partial charge in [0.1, 0.15) is 30.3 Å². The summed E-state index contributed by atoms with van der Waals surface area (Å²) >= 11 is 0. The number of aryl methyl sites for hydroxylation is 1. The molecule has 3 heterocycles. The van der Waals surface area contributed by atoms with Crippen LogP contribution in [0.2, 0.25) is 0 Å². The maximum absolute atomic E-state index is 11.1. The van der Waals surface area contributed by atoms with Crippen LogP contribution in [-0.2, 0) is 0 Å². The Hall–Kier alpha value is -3.80. The molecule has 2 aromatic heterocycles. The molecular weight excluding hydrogens is 378 g/mol. The van der Waals surface area contributed by atoms with Crippen molar-refractivity contribution in [3.05, 3.63) is 83.7 Å². The van der Waals surface area contributed by atoms with E-state index in [1.807, 2.05) is 61.5 Å². The molecule has 1 unspecified atom stereocenters. The number of rotatable bonds is 4. The summed E-state index contributed by atoms with van der Waals surface area (Å²) < 4.78 is 11.4. The number of pyridine rings is 2. The normalized spacial score (nSPS) is 13.8. The highest BCUT2D eigenvalue weighted by Gasteiger charge is 2.23. The second-order valence-electron chi connectivity index (χ2n) is 7.28. The Morgan fingerprint density at radius 2 is 1.80 bits per heavy atom. The molecule has 1 aliphatic heterocycles. The fourth-order valence-corrected chi connectivity index (χ4v) is 3.72. The molecule has 0 saturated carbocycles. The molecule has 4 aromatic rings. The van der Waals surface area contributed by atoms with E-state index in [-0.39, 0.29) is 11.8 Å². The van der Waals surface area contributed by atoms with Gasteiger partial charge in [0.25, 0.3) is 0 Å². The molecule has 2 aromatic carbocycles. The maximum atomic E-state index is 11.1. The minimum Gasteiger partial charge on any atom is -0.505 e. The zero-order chi connectivity index (χ0) is 20.5. The molecule has 0 fully saturated rings. The predicted octanol–water partition coefficient (Wildman–Crippen LogP) is 4.62. The van der Waals surface area contributed by atoms with Crippen molar-refractivity contribution in [2.75, 3.05) is 18.5 Å². The number of nitrogens with one attached hydrogen (secondary N) is 1. The Morgan fingerprint density at radius 1 is 0.933 bits per heavy atom. The van der Waals surface area contributed by atoms with Crippen molar-refractivity contribution in [2.45, 2.75) is 13.0 Å². The number of ether oxygens (including phenoxy) is 2. The van der Waals surface area contributed by atoms with E-state index in [0.717, 1.165) is 28.1 Å². The van der Waals surface area contributed by atoms with Crippen LogP contribution < -0.4 is 14.8 Å². The quantitative estimate of drug-likeness (QED) is 0.522. The molecule has 6 nitrogen and oxygen atoms in total. The van der Waals surface area contributed by atoms with Crippen LogP contribution in [0.3, 0.4) is 0 Å². The van der Waals surface area contributed by atoms with Crippen molar-refractivity contribution < 1.29 is 14.6 Å². The van der Waals surface area contributed by atoms with Crippen LogP contribution >= 0.6 is 0 Å². The number of phenolic OH excluding ortho intramolecular Hbond substituents is 1. The third-order valence-electron chi connectivity index (χ3n) is 5.20. The zero-order valence-corrected chi connectivity index (χ0v) is 16.5. The van der Waals surface area contributed by atoms with E-state index in [1.165, 1.54) is 0 Å². The van der Waals surface area contributed by atoms with Gasteiger partial charge in [-0.1, -0.05) is 24.3 Å². The summed E-state index contributed by atoms with van der Waals surface area (Å²) in [4.78, 5) is 8.82. The number of benzene rings is 2. The molecule has 150 valence electrons. The van der Waals surface area contributed by atoms with Gasteiger partial charge in [-0.15, -0.1) is 0 Å². The van der Waals surface area contributed by atoms with E-state index in [9.17, 15) is 5.11 Å². The lowest BCUT2D eigenvalue weighted by molar-refractivity contribution is 0.171. The standard InChI is InChI=1S/C24H21N3O3/c1-15-8-10-25-21(13-15)27-22(17-5-7-19-20(14-17)30-12-11-29-19)18-6-4-16-3-2-9-26-23(16)24(18)28/h2-10,13-14,22,28H,11-12H2,1H3,(H,25,27). The van der Waals surface area contributed by atoms with Crippen LogP contribution in [0.15, 0.2) is 67.0 Å². The lowest BCUT2D eigenvalue weighted by Crippen LogP contribution is -2.17. The van der Waals surface area contributed by atoms with Gasteiger partial charge in [-0.2, -0.15) is 0 Å². The molecule has 1 atom stereocenters. The van der Waals surface area contributed by atoms with Gasteiger partial charge < -0.3 is 19.9 Å². The van der Waals surface area contributed by atoms with Crippen molar-refractivity contribution >= 4 is 16.7 Å². The lowest BCUT2D eigenvalue weighted by atomic mass is 9.95. The Bertz CT molecular complexity index is 1230. The summed E-state index contributed by atoms with van der Waals surface area (Å²) in [6, 6.07) is 17.1. The number of nitrogens with zero attached hydrogens (tertiary/aromatic N) is 2. The summed E-state index contributed by atoms with van der Waals surface area (Å²) in [5, 5.41) is 15.4. The highest BCUT2D eigenvalue weighted by molar-refractivity contribution is 5.86. The largest absolute Gasteiger partial charge is 0.505 e. The van der Waals surface area contributed by atoms with E-state index in [1.54, 1.807) is 12.4 Å². The second-order valence-corrected chi connectivity index (χ2v) is 7.28. The van der Waals surface area contributed by atoms with E-state index < -0.39 is 0 Å². The molecule has 0 saturated heterocycles.